The van der Waals surface area contributed by atoms with E-state index in [2.05, 4.69) is 14.9 Å². The Morgan fingerprint density at radius 3 is 2.91 bits per heavy atom. The SMILES string of the molecule is C[C@@H](O)OOc1cnn(C)c1. The van der Waals surface area contributed by atoms with E-state index >= 15 is 0 Å². The number of hydrogen-bond acceptors (Lipinski definition) is 4. The lowest BCUT2D eigenvalue weighted by Gasteiger charge is -2.02. The summed E-state index contributed by atoms with van der Waals surface area (Å²) in [4.78, 5) is 9.10. The second-order valence-electron chi connectivity index (χ2n) is 2.13. The molecule has 1 aromatic rings. The van der Waals surface area contributed by atoms with E-state index in [0.29, 0.717) is 5.75 Å². The minimum atomic E-state index is -0.935. The first-order valence-corrected chi connectivity index (χ1v) is 3.18. The molecule has 0 aliphatic rings. The van der Waals surface area contributed by atoms with Crippen LogP contribution in [0.25, 0.3) is 0 Å². The molecule has 1 rings (SSSR count). The van der Waals surface area contributed by atoms with Gasteiger partial charge in [-0.3, -0.25) is 4.68 Å². The number of aromatic nitrogens is 2. The van der Waals surface area contributed by atoms with Gasteiger partial charge in [-0.1, -0.05) is 0 Å². The summed E-state index contributed by atoms with van der Waals surface area (Å²) in [7, 11) is 1.76. The minimum absolute atomic E-state index is 0.466. The minimum Gasteiger partial charge on any atom is -0.365 e. The van der Waals surface area contributed by atoms with Crippen molar-refractivity contribution in [2.75, 3.05) is 0 Å². The van der Waals surface area contributed by atoms with E-state index in [1.807, 2.05) is 0 Å². The van der Waals surface area contributed by atoms with Gasteiger partial charge in [-0.15, -0.1) is 0 Å². The Kier molecular flexibility index (Phi) is 2.45. The summed E-state index contributed by atoms with van der Waals surface area (Å²) >= 11 is 0. The highest BCUT2D eigenvalue weighted by Crippen LogP contribution is 2.07. The molecule has 0 aromatic carbocycles. The summed E-state index contributed by atoms with van der Waals surface area (Å²) in [6.45, 7) is 1.45. The first-order valence-electron chi connectivity index (χ1n) is 3.18. The van der Waals surface area contributed by atoms with E-state index < -0.39 is 6.29 Å². The third kappa shape index (κ3) is 2.57. The van der Waals surface area contributed by atoms with Gasteiger partial charge >= 0.3 is 0 Å². The zero-order chi connectivity index (χ0) is 8.27. The number of nitrogens with zero attached hydrogens (tertiary/aromatic N) is 2. The molecular weight excluding hydrogens is 148 g/mol. The van der Waals surface area contributed by atoms with Crippen LogP contribution in [0.3, 0.4) is 0 Å². The van der Waals surface area contributed by atoms with Gasteiger partial charge in [0.05, 0.1) is 12.4 Å². The lowest BCUT2D eigenvalue weighted by Crippen LogP contribution is -2.08. The van der Waals surface area contributed by atoms with E-state index in [1.54, 1.807) is 17.9 Å². The lowest BCUT2D eigenvalue weighted by molar-refractivity contribution is -0.298. The molecule has 5 heteroatoms. The Balaban J connectivity index is 2.39. The van der Waals surface area contributed by atoms with Gasteiger partial charge in [0.25, 0.3) is 0 Å². The summed E-state index contributed by atoms with van der Waals surface area (Å²) in [5.41, 5.74) is 0. The van der Waals surface area contributed by atoms with E-state index in [4.69, 9.17) is 5.11 Å². The Morgan fingerprint density at radius 1 is 1.73 bits per heavy atom. The highest BCUT2D eigenvalue weighted by molar-refractivity contribution is 5.09. The smallest absolute Gasteiger partial charge is 0.203 e. The van der Waals surface area contributed by atoms with Crippen LogP contribution in [0.1, 0.15) is 6.92 Å². The number of aryl methyl sites for hydroxylation is 1. The van der Waals surface area contributed by atoms with Crippen molar-refractivity contribution in [1.82, 2.24) is 9.78 Å². The van der Waals surface area contributed by atoms with Crippen LogP contribution in [0, 0.1) is 0 Å². The van der Waals surface area contributed by atoms with Crippen molar-refractivity contribution in [2.45, 2.75) is 13.2 Å². The normalized spacial score (nSPS) is 13.0. The molecule has 0 bridgehead atoms. The molecule has 0 radical (unpaired) electrons. The standard InChI is InChI=1S/C6H10N2O3/c1-5(9)10-11-6-3-7-8(2)4-6/h3-5,9H,1-2H3/t5-/m0/s1. The fraction of sp³-hybridized carbons (Fsp3) is 0.500. The van der Waals surface area contributed by atoms with E-state index in [0.717, 1.165) is 0 Å². The van der Waals surface area contributed by atoms with Gasteiger partial charge in [0.1, 0.15) is 0 Å². The summed E-state index contributed by atoms with van der Waals surface area (Å²) < 4.78 is 1.57. The average Bonchev–Trinajstić information content (AvgIpc) is 2.31. The van der Waals surface area contributed by atoms with Crippen LogP contribution in [0.4, 0.5) is 0 Å². The van der Waals surface area contributed by atoms with Crippen LogP contribution in [0.5, 0.6) is 5.75 Å². The van der Waals surface area contributed by atoms with Gasteiger partial charge in [-0.25, -0.2) is 0 Å². The molecule has 0 aliphatic carbocycles. The van der Waals surface area contributed by atoms with Crippen molar-refractivity contribution in [3.05, 3.63) is 12.4 Å². The average molecular weight is 158 g/mol. The molecule has 1 atom stereocenters. The predicted octanol–water partition coefficient (Wildman–Crippen LogP) is 0.0688. The first kappa shape index (κ1) is 8.03. The van der Waals surface area contributed by atoms with Crippen LogP contribution in [-0.4, -0.2) is 21.2 Å². The zero-order valence-electron chi connectivity index (χ0n) is 6.39. The van der Waals surface area contributed by atoms with Crippen molar-refractivity contribution < 1.29 is 14.9 Å². The Bertz CT molecular complexity index is 221. The fourth-order valence-electron chi connectivity index (χ4n) is 0.567. The van der Waals surface area contributed by atoms with Crippen LogP contribution in [0.15, 0.2) is 12.4 Å². The van der Waals surface area contributed by atoms with Gasteiger partial charge in [0.2, 0.25) is 5.75 Å². The molecule has 0 saturated heterocycles. The molecule has 0 spiro atoms. The maximum atomic E-state index is 8.65. The van der Waals surface area contributed by atoms with Crippen LogP contribution >= 0.6 is 0 Å². The molecule has 0 unspecified atom stereocenters. The quantitative estimate of drug-likeness (QED) is 0.384. The number of rotatable bonds is 3. The Morgan fingerprint density at radius 2 is 2.45 bits per heavy atom. The van der Waals surface area contributed by atoms with Crippen LogP contribution < -0.4 is 4.89 Å². The molecule has 1 aromatic heterocycles. The molecule has 11 heavy (non-hydrogen) atoms. The highest BCUT2D eigenvalue weighted by atomic mass is 17.2. The number of hydrogen-bond donors (Lipinski definition) is 1. The molecule has 0 fully saturated rings. The third-order valence-electron chi connectivity index (χ3n) is 0.965. The topological polar surface area (TPSA) is 56.5 Å². The van der Waals surface area contributed by atoms with Gasteiger partial charge in [-0.05, 0) is 6.92 Å². The highest BCUT2D eigenvalue weighted by Gasteiger charge is 1.99. The molecule has 0 aliphatic heterocycles. The second-order valence-corrected chi connectivity index (χ2v) is 2.13. The van der Waals surface area contributed by atoms with Crippen molar-refractivity contribution in [3.8, 4) is 5.75 Å². The number of aliphatic hydroxyl groups is 1. The molecular formula is C6H10N2O3. The Hall–Kier alpha value is -1.07. The largest absolute Gasteiger partial charge is 0.365 e. The van der Waals surface area contributed by atoms with Gasteiger partial charge in [-0.2, -0.15) is 9.99 Å². The summed E-state index contributed by atoms with van der Waals surface area (Å²) in [5, 5.41) is 12.5. The summed E-state index contributed by atoms with van der Waals surface area (Å²) in [6, 6.07) is 0. The maximum absolute atomic E-state index is 8.65. The first-order chi connectivity index (χ1) is 5.18. The van der Waals surface area contributed by atoms with Crippen LogP contribution in [-0.2, 0) is 11.9 Å². The monoisotopic (exact) mass is 158 g/mol. The van der Waals surface area contributed by atoms with Crippen molar-refractivity contribution in [1.29, 1.82) is 0 Å². The van der Waals surface area contributed by atoms with Gasteiger partial charge < -0.3 is 9.99 Å². The molecule has 0 saturated carbocycles. The molecule has 0 amide bonds. The molecule has 1 N–H and O–H groups in total. The van der Waals surface area contributed by atoms with Gasteiger partial charge in [0.15, 0.2) is 6.29 Å². The van der Waals surface area contributed by atoms with Crippen LogP contribution in [0.2, 0.25) is 0 Å². The van der Waals surface area contributed by atoms with E-state index in [9.17, 15) is 0 Å². The fourth-order valence-corrected chi connectivity index (χ4v) is 0.567. The van der Waals surface area contributed by atoms with Gasteiger partial charge in [0, 0.05) is 7.05 Å². The lowest BCUT2D eigenvalue weighted by atomic mass is 10.7. The van der Waals surface area contributed by atoms with Crippen molar-refractivity contribution in [3.63, 3.8) is 0 Å². The van der Waals surface area contributed by atoms with Crippen molar-refractivity contribution in [2.24, 2.45) is 7.05 Å². The molecule has 62 valence electrons. The Labute approximate surface area is 64.1 Å². The predicted molar refractivity (Wildman–Crippen MR) is 36.6 cm³/mol. The van der Waals surface area contributed by atoms with E-state index in [-0.39, 0.29) is 0 Å². The molecule has 1 heterocycles. The number of aliphatic hydroxyl groups excluding tert-OH is 1. The van der Waals surface area contributed by atoms with Crippen molar-refractivity contribution >= 4 is 0 Å². The maximum Gasteiger partial charge on any atom is 0.203 e. The summed E-state index contributed by atoms with van der Waals surface area (Å²) in [5.74, 6) is 0.466. The second kappa shape index (κ2) is 3.36. The summed E-state index contributed by atoms with van der Waals surface area (Å²) in [6.07, 6.45) is 2.18. The van der Waals surface area contributed by atoms with E-state index in [1.165, 1.54) is 13.1 Å². The third-order valence-corrected chi connectivity index (χ3v) is 0.965. The zero-order valence-corrected chi connectivity index (χ0v) is 6.39. The molecule has 5 nitrogen and oxygen atoms in total.